The molecular weight excluding hydrogens is 236 g/mol. The van der Waals surface area contributed by atoms with Gasteiger partial charge < -0.3 is 4.90 Å². The number of aryl methyl sites for hydroxylation is 1. The van der Waals surface area contributed by atoms with Crippen LogP contribution in [-0.2, 0) is 6.54 Å². The highest BCUT2D eigenvalue weighted by molar-refractivity contribution is 6.28. The summed E-state index contributed by atoms with van der Waals surface area (Å²) >= 11 is 5.83. The number of pyridine rings is 1. The van der Waals surface area contributed by atoms with Crippen molar-refractivity contribution >= 4 is 17.4 Å². The van der Waals surface area contributed by atoms with Gasteiger partial charge in [-0.05, 0) is 30.7 Å². The zero-order valence-electron chi connectivity index (χ0n) is 9.76. The van der Waals surface area contributed by atoms with E-state index in [1.807, 2.05) is 43.1 Å². The average Bonchev–Trinajstić information content (AvgIpc) is 2.29. The van der Waals surface area contributed by atoms with Gasteiger partial charge in [-0.1, -0.05) is 6.07 Å². The normalized spacial score (nSPS) is 10.3. The molecule has 0 bridgehead atoms. The van der Waals surface area contributed by atoms with Crippen LogP contribution in [0.1, 0.15) is 11.4 Å². The van der Waals surface area contributed by atoms with E-state index in [1.54, 1.807) is 6.20 Å². The fraction of sp³-hybridized carbons (Fsp3) is 0.250. The van der Waals surface area contributed by atoms with E-state index in [0.717, 1.165) is 17.2 Å². The molecule has 0 aliphatic rings. The van der Waals surface area contributed by atoms with Gasteiger partial charge in [-0.15, -0.1) is 0 Å². The van der Waals surface area contributed by atoms with Crippen LogP contribution < -0.4 is 4.90 Å². The van der Waals surface area contributed by atoms with E-state index in [4.69, 9.17) is 11.6 Å². The van der Waals surface area contributed by atoms with Crippen molar-refractivity contribution in [3.8, 4) is 0 Å². The van der Waals surface area contributed by atoms with Crippen LogP contribution in [0.5, 0.6) is 0 Å². The zero-order valence-corrected chi connectivity index (χ0v) is 10.5. The molecule has 2 aromatic rings. The minimum atomic E-state index is 0.271. The molecule has 2 heterocycles. The van der Waals surface area contributed by atoms with Gasteiger partial charge in [0.15, 0.2) is 0 Å². The highest BCUT2D eigenvalue weighted by Crippen LogP contribution is 2.15. The molecule has 0 aliphatic carbocycles. The van der Waals surface area contributed by atoms with Crippen molar-refractivity contribution in [1.29, 1.82) is 0 Å². The first-order chi connectivity index (χ1) is 8.15. The second kappa shape index (κ2) is 5.10. The molecule has 88 valence electrons. The van der Waals surface area contributed by atoms with Gasteiger partial charge in [0, 0.05) is 25.0 Å². The summed E-state index contributed by atoms with van der Waals surface area (Å²) in [6.07, 6.45) is 1.78. The lowest BCUT2D eigenvalue weighted by molar-refractivity contribution is 0.858. The standard InChI is InChI=1S/C12H13ClN4/c1-9-7-11(16-12(13)15-9)17(2)8-10-5-3-4-6-14-10/h3-7H,8H2,1-2H3. The summed E-state index contributed by atoms with van der Waals surface area (Å²) in [5.41, 5.74) is 1.84. The first-order valence-corrected chi connectivity index (χ1v) is 5.65. The summed E-state index contributed by atoms with van der Waals surface area (Å²) in [5, 5.41) is 0.271. The Morgan fingerprint density at radius 1 is 1.29 bits per heavy atom. The molecular formula is C12H13ClN4. The molecule has 0 unspecified atom stereocenters. The van der Waals surface area contributed by atoms with Gasteiger partial charge in [0.05, 0.1) is 12.2 Å². The number of hydrogen-bond acceptors (Lipinski definition) is 4. The smallest absolute Gasteiger partial charge is 0.224 e. The molecule has 0 saturated heterocycles. The molecule has 0 aromatic carbocycles. The van der Waals surface area contributed by atoms with Crippen LogP contribution in [0.3, 0.4) is 0 Å². The van der Waals surface area contributed by atoms with Crippen LogP contribution in [0, 0.1) is 6.92 Å². The van der Waals surface area contributed by atoms with Crippen LogP contribution in [0.25, 0.3) is 0 Å². The molecule has 0 amide bonds. The average molecular weight is 249 g/mol. The highest BCUT2D eigenvalue weighted by atomic mass is 35.5. The molecule has 0 fully saturated rings. The van der Waals surface area contributed by atoms with Gasteiger partial charge in [0.25, 0.3) is 0 Å². The van der Waals surface area contributed by atoms with Crippen molar-refractivity contribution in [1.82, 2.24) is 15.0 Å². The molecule has 2 aromatic heterocycles. The Balaban J connectivity index is 2.17. The number of anilines is 1. The topological polar surface area (TPSA) is 41.9 Å². The SMILES string of the molecule is Cc1cc(N(C)Cc2ccccn2)nc(Cl)n1. The fourth-order valence-electron chi connectivity index (χ4n) is 1.53. The predicted molar refractivity (Wildman–Crippen MR) is 68.1 cm³/mol. The Bertz CT molecular complexity index is 481. The van der Waals surface area contributed by atoms with E-state index in [0.29, 0.717) is 6.54 Å². The second-order valence-corrected chi connectivity index (χ2v) is 4.15. The van der Waals surface area contributed by atoms with Gasteiger partial charge in [-0.3, -0.25) is 4.98 Å². The van der Waals surface area contributed by atoms with Crippen LogP contribution >= 0.6 is 11.6 Å². The second-order valence-electron chi connectivity index (χ2n) is 3.81. The Hall–Kier alpha value is -1.68. The highest BCUT2D eigenvalue weighted by Gasteiger charge is 2.06. The summed E-state index contributed by atoms with van der Waals surface area (Å²) in [5.74, 6) is 0.799. The van der Waals surface area contributed by atoms with Crippen molar-refractivity contribution in [2.75, 3.05) is 11.9 Å². The largest absolute Gasteiger partial charge is 0.354 e. The van der Waals surface area contributed by atoms with Crippen LogP contribution in [-0.4, -0.2) is 22.0 Å². The lowest BCUT2D eigenvalue weighted by Gasteiger charge is -2.17. The third kappa shape index (κ3) is 3.14. The van der Waals surface area contributed by atoms with E-state index in [1.165, 1.54) is 0 Å². The van der Waals surface area contributed by atoms with E-state index in [-0.39, 0.29) is 5.28 Å². The maximum atomic E-state index is 5.83. The van der Waals surface area contributed by atoms with E-state index in [2.05, 4.69) is 15.0 Å². The quantitative estimate of drug-likeness (QED) is 0.783. The molecule has 2 rings (SSSR count). The van der Waals surface area contributed by atoms with Crippen molar-refractivity contribution in [2.45, 2.75) is 13.5 Å². The van der Waals surface area contributed by atoms with Crippen LogP contribution in [0.4, 0.5) is 5.82 Å². The maximum absolute atomic E-state index is 5.83. The summed E-state index contributed by atoms with van der Waals surface area (Å²) in [7, 11) is 1.95. The zero-order chi connectivity index (χ0) is 12.3. The van der Waals surface area contributed by atoms with Gasteiger partial charge >= 0.3 is 0 Å². The number of aromatic nitrogens is 3. The van der Waals surface area contributed by atoms with E-state index >= 15 is 0 Å². The molecule has 0 radical (unpaired) electrons. The number of nitrogens with zero attached hydrogens (tertiary/aromatic N) is 4. The first kappa shape index (κ1) is 11.8. The Morgan fingerprint density at radius 2 is 2.12 bits per heavy atom. The van der Waals surface area contributed by atoms with Crippen molar-refractivity contribution in [3.63, 3.8) is 0 Å². The molecule has 0 spiro atoms. The van der Waals surface area contributed by atoms with Crippen molar-refractivity contribution in [3.05, 3.63) is 47.1 Å². The molecule has 0 aliphatic heterocycles. The van der Waals surface area contributed by atoms with Crippen molar-refractivity contribution < 1.29 is 0 Å². The Kier molecular flexibility index (Phi) is 3.54. The summed E-state index contributed by atoms with van der Waals surface area (Å²) in [6.45, 7) is 2.58. The first-order valence-electron chi connectivity index (χ1n) is 5.27. The molecule has 0 N–H and O–H groups in total. The lowest BCUT2D eigenvalue weighted by Crippen LogP contribution is -2.18. The molecule has 0 atom stereocenters. The van der Waals surface area contributed by atoms with Gasteiger partial charge in [0.1, 0.15) is 5.82 Å². The van der Waals surface area contributed by atoms with Gasteiger partial charge in [-0.2, -0.15) is 0 Å². The van der Waals surface area contributed by atoms with Crippen LogP contribution in [0.2, 0.25) is 5.28 Å². The minimum absolute atomic E-state index is 0.271. The molecule has 4 nitrogen and oxygen atoms in total. The fourth-order valence-corrected chi connectivity index (χ4v) is 1.75. The lowest BCUT2D eigenvalue weighted by atomic mass is 10.3. The molecule has 5 heteroatoms. The number of rotatable bonds is 3. The van der Waals surface area contributed by atoms with Crippen molar-refractivity contribution in [2.24, 2.45) is 0 Å². The van der Waals surface area contributed by atoms with Gasteiger partial charge in [0.2, 0.25) is 5.28 Å². The van der Waals surface area contributed by atoms with Gasteiger partial charge in [-0.25, -0.2) is 9.97 Å². The summed E-state index contributed by atoms with van der Waals surface area (Å²) in [6, 6.07) is 7.74. The summed E-state index contributed by atoms with van der Waals surface area (Å²) < 4.78 is 0. The number of hydrogen-bond donors (Lipinski definition) is 0. The molecule has 17 heavy (non-hydrogen) atoms. The van der Waals surface area contributed by atoms with Crippen LogP contribution in [0.15, 0.2) is 30.5 Å². The number of halogens is 1. The summed E-state index contributed by atoms with van der Waals surface area (Å²) in [4.78, 5) is 14.5. The minimum Gasteiger partial charge on any atom is -0.354 e. The Morgan fingerprint density at radius 3 is 2.76 bits per heavy atom. The van der Waals surface area contributed by atoms with E-state index in [9.17, 15) is 0 Å². The monoisotopic (exact) mass is 248 g/mol. The van der Waals surface area contributed by atoms with E-state index < -0.39 is 0 Å². The molecule has 0 saturated carbocycles. The maximum Gasteiger partial charge on any atom is 0.224 e. The Labute approximate surface area is 105 Å². The third-order valence-electron chi connectivity index (χ3n) is 2.33. The third-order valence-corrected chi connectivity index (χ3v) is 2.50. The predicted octanol–water partition coefficient (Wildman–Crippen LogP) is 2.47.